The van der Waals surface area contributed by atoms with Crippen molar-refractivity contribution < 1.29 is 8.42 Å². The summed E-state index contributed by atoms with van der Waals surface area (Å²) in [5.74, 6) is 0.795. The monoisotopic (exact) mass is 320 g/mol. The minimum Gasteiger partial charge on any atom is -0.353 e. The summed E-state index contributed by atoms with van der Waals surface area (Å²) in [6.07, 6.45) is 4.95. The molecule has 2 rings (SSSR count). The van der Waals surface area contributed by atoms with Gasteiger partial charge in [0.15, 0.2) is 0 Å². The van der Waals surface area contributed by atoms with Crippen molar-refractivity contribution in [2.75, 3.05) is 35.7 Å². The molecule has 0 aliphatic carbocycles. The summed E-state index contributed by atoms with van der Waals surface area (Å²) in [4.78, 5) is 10.2. The number of hydrogen-bond acceptors (Lipinski definition) is 5. The van der Waals surface area contributed by atoms with Gasteiger partial charge in [0, 0.05) is 38.6 Å². The van der Waals surface area contributed by atoms with Crippen LogP contribution in [0.4, 0.5) is 5.82 Å². The van der Waals surface area contributed by atoms with Gasteiger partial charge in [-0.1, -0.05) is 15.9 Å². The Balaban J connectivity index is 2.00. The van der Waals surface area contributed by atoms with Crippen molar-refractivity contribution in [3.63, 3.8) is 0 Å². The van der Waals surface area contributed by atoms with Gasteiger partial charge in [0.1, 0.15) is 10.5 Å². The molecule has 1 aromatic heterocycles. The fourth-order valence-corrected chi connectivity index (χ4v) is 3.45. The second kappa shape index (κ2) is 5.28. The van der Waals surface area contributed by atoms with Crippen LogP contribution in [-0.4, -0.2) is 53.5 Å². The molecule has 0 aromatic carbocycles. The van der Waals surface area contributed by atoms with Gasteiger partial charge in [-0.15, -0.1) is 0 Å². The van der Waals surface area contributed by atoms with Crippen LogP contribution < -0.4 is 4.90 Å². The zero-order chi connectivity index (χ0) is 12.3. The molecular formula is C9H13BrN4O2S. The SMILES string of the molecule is O=S(=O)(CBr)N1CCN(c2cnccn2)CC1. The Kier molecular flexibility index (Phi) is 3.95. The van der Waals surface area contributed by atoms with Gasteiger partial charge in [0.2, 0.25) is 10.0 Å². The highest BCUT2D eigenvalue weighted by molar-refractivity contribution is 9.10. The maximum Gasteiger partial charge on any atom is 0.224 e. The summed E-state index contributed by atoms with van der Waals surface area (Å²) in [6.45, 7) is 2.27. The van der Waals surface area contributed by atoms with Crippen molar-refractivity contribution in [1.82, 2.24) is 14.3 Å². The van der Waals surface area contributed by atoms with Crippen molar-refractivity contribution in [2.24, 2.45) is 0 Å². The standard InChI is InChI=1S/C9H13BrN4O2S/c10-8-17(15,16)14-5-3-13(4-6-14)9-7-11-1-2-12-9/h1-2,7H,3-6,8H2. The Labute approximate surface area is 109 Å². The summed E-state index contributed by atoms with van der Waals surface area (Å²) < 4.78 is 24.7. The zero-order valence-electron chi connectivity index (χ0n) is 9.16. The summed E-state index contributed by atoms with van der Waals surface area (Å²) in [5, 5.41) is 0. The molecule has 1 saturated heterocycles. The van der Waals surface area contributed by atoms with Crippen LogP contribution in [0.3, 0.4) is 0 Å². The Hall–Kier alpha value is -0.730. The number of nitrogens with zero attached hydrogens (tertiary/aromatic N) is 4. The average molecular weight is 321 g/mol. The predicted octanol–water partition coefficient (Wildman–Crippen LogP) is 0.281. The van der Waals surface area contributed by atoms with Gasteiger partial charge in [-0.25, -0.2) is 13.4 Å². The fourth-order valence-electron chi connectivity index (χ4n) is 1.72. The molecule has 17 heavy (non-hydrogen) atoms. The third-order valence-electron chi connectivity index (χ3n) is 2.64. The number of halogens is 1. The molecular weight excluding hydrogens is 308 g/mol. The van der Waals surface area contributed by atoms with Crippen molar-refractivity contribution >= 4 is 31.8 Å². The van der Waals surface area contributed by atoms with E-state index >= 15 is 0 Å². The molecule has 0 bridgehead atoms. The number of rotatable bonds is 3. The molecule has 8 heteroatoms. The van der Waals surface area contributed by atoms with Crippen LogP contribution >= 0.6 is 15.9 Å². The van der Waals surface area contributed by atoms with E-state index in [9.17, 15) is 8.42 Å². The van der Waals surface area contributed by atoms with Crippen molar-refractivity contribution in [1.29, 1.82) is 0 Å². The molecule has 2 heterocycles. The first-order chi connectivity index (χ1) is 8.13. The lowest BCUT2D eigenvalue weighted by Crippen LogP contribution is -2.49. The largest absolute Gasteiger partial charge is 0.353 e. The maximum absolute atomic E-state index is 11.6. The van der Waals surface area contributed by atoms with E-state index in [0.717, 1.165) is 5.82 Å². The quantitative estimate of drug-likeness (QED) is 0.748. The summed E-state index contributed by atoms with van der Waals surface area (Å²) in [6, 6.07) is 0. The summed E-state index contributed by atoms with van der Waals surface area (Å²) in [5.41, 5.74) is 0. The molecule has 0 N–H and O–H groups in total. The van der Waals surface area contributed by atoms with E-state index in [2.05, 4.69) is 25.9 Å². The van der Waals surface area contributed by atoms with Crippen molar-refractivity contribution in [3.8, 4) is 0 Å². The lowest BCUT2D eigenvalue weighted by atomic mass is 10.3. The Bertz CT molecular complexity index is 459. The fraction of sp³-hybridized carbons (Fsp3) is 0.556. The molecule has 0 unspecified atom stereocenters. The number of sulfonamides is 1. The van der Waals surface area contributed by atoms with Crippen molar-refractivity contribution in [3.05, 3.63) is 18.6 Å². The van der Waals surface area contributed by atoms with E-state index in [0.29, 0.717) is 26.2 Å². The number of hydrogen-bond donors (Lipinski definition) is 0. The van der Waals surface area contributed by atoms with Crippen LogP contribution in [0.25, 0.3) is 0 Å². The van der Waals surface area contributed by atoms with E-state index in [1.54, 1.807) is 18.6 Å². The molecule has 1 fully saturated rings. The molecule has 1 aromatic rings. The average Bonchev–Trinajstić information content (AvgIpc) is 2.40. The number of piperazine rings is 1. The molecule has 1 aliphatic heterocycles. The van der Waals surface area contributed by atoms with Gasteiger partial charge >= 0.3 is 0 Å². The summed E-state index contributed by atoms with van der Waals surface area (Å²) in [7, 11) is -3.14. The first-order valence-electron chi connectivity index (χ1n) is 5.18. The molecule has 6 nitrogen and oxygen atoms in total. The number of aromatic nitrogens is 2. The van der Waals surface area contributed by atoms with Gasteiger partial charge in [-0.05, 0) is 0 Å². The van der Waals surface area contributed by atoms with E-state index < -0.39 is 10.0 Å². The van der Waals surface area contributed by atoms with E-state index in [1.807, 2.05) is 4.90 Å². The van der Waals surface area contributed by atoms with Crippen LogP contribution in [0.15, 0.2) is 18.6 Å². The number of anilines is 1. The van der Waals surface area contributed by atoms with Gasteiger partial charge < -0.3 is 4.90 Å². The van der Waals surface area contributed by atoms with Gasteiger partial charge in [-0.2, -0.15) is 4.31 Å². The lowest BCUT2D eigenvalue weighted by Gasteiger charge is -2.34. The van der Waals surface area contributed by atoms with Crippen LogP contribution in [0.5, 0.6) is 0 Å². The minimum absolute atomic E-state index is 0.0227. The molecule has 0 amide bonds. The Morgan fingerprint density at radius 2 is 1.94 bits per heavy atom. The molecule has 0 atom stereocenters. The third-order valence-corrected chi connectivity index (χ3v) is 5.81. The van der Waals surface area contributed by atoms with Gasteiger partial charge in [0.05, 0.1) is 6.20 Å². The highest BCUT2D eigenvalue weighted by Gasteiger charge is 2.26. The van der Waals surface area contributed by atoms with Crippen LogP contribution in [0.2, 0.25) is 0 Å². The highest BCUT2D eigenvalue weighted by Crippen LogP contribution is 2.14. The first kappa shape index (κ1) is 12.7. The van der Waals surface area contributed by atoms with Crippen molar-refractivity contribution in [2.45, 2.75) is 0 Å². The minimum atomic E-state index is -3.14. The summed E-state index contributed by atoms with van der Waals surface area (Å²) >= 11 is 3.00. The normalized spacial score (nSPS) is 18.3. The van der Waals surface area contributed by atoms with Crippen LogP contribution in [-0.2, 0) is 10.0 Å². The van der Waals surface area contributed by atoms with E-state index in [-0.39, 0.29) is 4.66 Å². The Morgan fingerprint density at radius 3 is 2.47 bits per heavy atom. The first-order valence-corrected chi connectivity index (χ1v) is 7.91. The molecule has 0 spiro atoms. The van der Waals surface area contributed by atoms with E-state index in [1.165, 1.54) is 4.31 Å². The second-order valence-corrected chi connectivity index (χ2v) is 6.94. The van der Waals surface area contributed by atoms with Crippen LogP contribution in [0.1, 0.15) is 0 Å². The highest BCUT2D eigenvalue weighted by atomic mass is 79.9. The van der Waals surface area contributed by atoms with Gasteiger partial charge in [0.25, 0.3) is 0 Å². The second-order valence-electron chi connectivity index (χ2n) is 3.67. The lowest BCUT2D eigenvalue weighted by molar-refractivity contribution is 0.386. The Morgan fingerprint density at radius 1 is 1.24 bits per heavy atom. The zero-order valence-corrected chi connectivity index (χ0v) is 11.6. The molecule has 94 valence electrons. The smallest absolute Gasteiger partial charge is 0.224 e. The topological polar surface area (TPSA) is 66.4 Å². The molecule has 1 aliphatic rings. The third kappa shape index (κ3) is 2.93. The predicted molar refractivity (Wildman–Crippen MR) is 68.5 cm³/mol. The maximum atomic E-state index is 11.6. The molecule has 0 radical (unpaired) electrons. The van der Waals surface area contributed by atoms with E-state index in [4.69, 9.17) is 0 Å². The van der Waals surface area contributed by atoms with Crippen LogP contribution in [0, 0.1) is 0 Å². The molecule has 0 saturated carbocycles. The van der Waals surface area contributed by atoms with Gasteiger partial charge in [-0.3, -0.25) is 4.98 Å². The number of alkyl halides is 1.